The quantitative estimate of drug-likeness (QED) is 0.562. The first-order valence-corrected chi connectivity index (χ1v) is 7.33. The van der Waals surface area contributed by atoms with Crippen LogP contribution in [0.2, 0.25) is 13.1 Å². The molecule has 0 aliphatic heterocycles. The average Bonchev–Trinajstić information content (AvgIpc) is 2.15. The van der Waals surface area contributed by atoms with E-state index in [2.05, 4.69) is 0 Å². The summed E-state index contributed by atoms with van der Waals surface area (Å²) in [6.07, 6.45) is 0. The van der Waals surface area contributed by atoms with Gasteiger partial charge in [-0.2, -0.15) is 0 Å². The van der Waals surface area contributed by atoms with Gasteiger partial charge in [-0.15, -0.1) is 0 Å². The molecule has 0 aliphatic carbocycles. The summed E-state index contributed by atoms with van der Waals surface area (Å²) in [6.45, 7) is 3.48. The molecule has 0 aliphatic rings. The van der Waals surface area contributed by atoms with E-state index in [-0.39, 0.29) is 40.0 Å². The topological polar surface area (TPSA) is 41.5 Å². The van der Waals surface area contributed by atoms with Gasteiger partial charge in [-0.3, -0.25) is 0 Å². The van der Waals surface area contributed by atoms with Gasteiger partial charge in [0.1, 0.15) is 0 Å². The van der Waals surface area contributed by atoms with Crippen LogP contribution in [0.3, 0.4) is 0 Å². The molecule has 0 N–H and O–H groups in total. The Morgan fingerprint density at radius 3 is 2.06 bits per heavy atom. The molecule has 1 aromatic carbocycles. The number of benzene rings is 1. The first kappa shape index (κ1) is 18.6. The van der Waals surface area contributed by atoms with Crippen molar-refractivity contribution in [2.75, 3.05) is 14.2 Å². The number of para-hydroxylation sites is 1. The molecule has 3 nitrogen and oxygen atoms in total. The predicted molar refractivity (Wildman–Crippen MR) is 62.4 cm³/mol. The van der Waals surface area contributed by atoms with E-state index >= 15 is 0 Å². The second kappa shape index (κ2) is 7.55. The fourth-order valence-corrected chi connectivity index (χ4v) is 2.63. The zero-order chi connectivity index (χ0) is 10.8. The molecule has 0 saturated heterocycles. The molecule has 16 heavy (non-hydrogen) atoms. The second-order valence-corrected chi connectivity index (χ2v) is 7.11. The van der Waals surface area contributed by atoms with Gasteiger partial charge in [0.15, 0.2) is 11.5 Å². The zero-order valence-corrected chi connectivity index (χ0v) is 14.0. The Bertz CT molecular complexity index is 328. The van der Waals surface area contributed by atoms with Crippen molar-refractivity contribution in [1.82, 2.24) is 0 Å². The summed E-state index contributed by atoms with van der Waals surface area (Å²) >= 11 is 0. The summed E-state index contributed by atoms with van der Waals surface area (Å²) in [7, 11) is 0.526. The van der Waals surface area contributed by atoms with Gasteiger partial charge in [0.25, 0.3) is 0 Å². The summed E-state index contributed by atoms with van der Waals surface area (Å²) < 4.78 is 10.3. The maximum atomic E-state index is 12.0. The Kier molecular flexibility index (Phi) is 8.77. The van der Waals surface area contributed by atoms with Crippen LogP contribution in [0, 0.1) is 0 Å². The molecule has 0 saturated carbocycles. The number of hydrogen-bond acceptors (Lipinski definition) is 3. The fraction of sp³-hybridized carbons (Fsp3) is 0.400. The van der Waals surface area contributed by atoms with Gasteiger partial charge in [-0.05, 0) is 19.6 Å². The molecular weight excluding hydrogens is 300 g/mol. The zero-order valence-electron chi connectivity index (χ0n) is 10.0. The SMILES string of the molecule is COc1cccc([Si](C)(C)[O-])c1OC.[Br-].[Mg+2]. The molecule has 0 spiro atoms. The molecule has 6 heteroatoms. The smallest absolute Gasteiger partial charge is 1.00 e. The number of halogens is 1. The van der Waals surface area contributed by atoms with Crippen LogP contribution in [0.25, 0.3) is 0 Å². The Labute approximate surface area is 124 Å². The summed E-state index contributed by atoms with van der Waals surface area (Å²) in [5, 5.41) is 0.749. The number of methoxy groups -OCH3 is 2. The van der Waals surface area contributed by atoms with Crippen molar-refractivity contribution in [3.8, 4) is 11.5 Å². The van der Waals surface area contributed by atoms with Crippen molar-refractivity contribution < 1.29 is 31.3 Å². The third-order valence-corrected chi connectivity index (χ3v) is 3.74. The van der Waals surface area contributed by atoms with Crippen LogP contribution in [0.1, 0.15) is 0 Å². The number of ether oxygens (including phenoxy) is 2. The maximum absolute atomic E-state index is 12.0. The predicted octanol–water partition coefficient (Wildman–Crippen LogP) is -2.90. The van der Waals surface area contributed by atoms with E-state index in [4.69, 9.17) is 9.47 Å². The van der Waals surface area contributed by atoms with Gasteiger partial charge in [0.05, 0.1) is 14.2 Å². The van der Waals surface area contributed by atoms with Gasteiger partial charge >= 0.3 is 23.1 Å². The fourth-order valence-electron chi connectivity index (χ4n) is 1.36. The molecule has 1 aromatic rings. The van der Waals surface area contributed by atoms with Crippen LogP contribution in [0.5, 0.6) is 11.5 Å². The van der Waals surface area contributed by atoms with Crippen LogP contribution in [-0.2, 0) is 0 Å². The number of rotatable bonds is 3. The van der Waals surface area contributed by atoms with E-state index in [9.17, 15) is 4.80 Å². The van der Waals surface area contributed by atoms with E-state index in [0.29, 0.717) is 11.5 Å². The summed E-state index contributed by atoms with van der Waals surface area (Å²) in [5.41, 5.74) is 0. The molecule has 0 aromatic heterocycles. The van der Waals surface area contributed by atoms with Crippen molar-refractivity contribution in [2.24, 2.45) is 0 Å². The molecule has 1 rings (SSSR count). The molecule has 0 atom stereocenters. The van der Waals surface area contributed by atoms with E-state index in [1.54, 1.807) is 33.4 Å². The van der Waals surface area contributed by atoms with Crippen molar-refractivity contribution in [3.63, 3.8) is 0 Å². The second-order valence-electron chi connectivity index (χ2n) is 3.55. The van der Waals surface area contributed by atoms with Gasteiger partial charge in [0.2, 0.25) is 0 Å². The minimum absolute atomic E-state index is 0. The Morgan fingerprint density at radius 2 is 1.69 bits per heavy atom. The third kappa shape index (κ3) is 4.25. The third-order valence-electron chi connectivity index (χ3n) is 2.05. The van der Waals surface area contributed by atoms with Gasteiger partial charge in [-0.25, -0.2) is 0 Å². The minimum Gasteiger partial charge on any atom is -1.00 e. The van der Waals surface area contributed by atoms with Crippen molar-refractivity contribution in [2.45, 2.75) is 13.1 Å². The van der Waals surface area contributed by atoms with Crippen molar-refractivity contribution in [3.05, 3.63) is 18.2 Å². The van der Waals surface area contributed by atoms with Crippen LogP contribution in [0.15, 0.2) is 18.2 Å². The summed E-state index contributed by atoms with van der Waals surface area (Å²) in [4.78, 5) is 12.0. The monoisotopic (exact) mass is 314 g/mol. The van der Waals surface area contributed by atoms with Gasteiger partial charge in [0, 0.05) is 0 Å². The normalized spacial score (nSPS) is 9.81. The molecule has 86 valence electrons. The van der Waals surface area contributed by atoms with Crippen molar-refractivity contribution in [1.29, 1.82) is 0 Å². The average molecular weight is 316 g/mol. The van der Waals surface area contributed by atoms with Crippen LogP contribution < -0.4 is 36.4 Å². The molecular formula is C10H15BrMgO3Si. The summed E-state index contributed by atoms with van der Waals surface area (Å²) in [5.74, 6) is 1.21. The van der Waals surface area contributed by atoms with E-state index in [1.807, 2.05) is 12.1 Å². The first-order chi connectivity index (χ1) is 6.50. The summed E-state index contributed by atoms with van der Waals surface area (Å²) in [6, 6.07) is 5.44. The van der Waals surface area contributed by atoms with Crippen molar-refractivity contribution >= 4 is 36.6 Å². The van der Waals surface area contributed by atoms with Gasteiger partial charge < -0.3 is 31.3 Å². The van der Waals surface area contributed by atoms with Crippen LogP contribution in [0.4, 0.5) is 0 Å². The Morgan fingerprint density at radius 1 is 1.12 bits per heavy atom. The van der Waals surface area contributed by atoms with E-state index < -0.39 is 8.32 Å². The molecule has 0 bridgehead atoms. The van der Waals surface area contributed by atoms with Crippen LogP contribution >= 0.6 is 0 Å². The first-order valence-electron chi connectivity index (χ1n) is 4.42. The van der Waals surface area contributed by atoms with Crippen LogP contribution in [-0.4, -0.2) is 45.6 Å². The Hall–Kier alpha value is 0.243. The Balaban J connectivity index is 0. The standard InChI is InChI=1S/C10H15O3Si.BrH.Mg/c1-12-8-6-5-7-9(10(8)13-2)14(3,4)11;;/h5-7H,1-4H3;1H;/q-1;;+2/p-1. The van der Waals surface area contributed by atoms with E-state index in [1.165, 1.54) is 0 Å². The molecule has 0 heterocycles. The largest absolute Gasteiger partial charge is 2.00 e. The maximum Gasteiger partial charge on any atom is 2.00 e. The van der Waals surface area contributed by atoms with Gasteiger partial charge in [-0.1, -0.05) is 25.2 Å². The molecule has 0 radical (unpaired) electrons. The molecule has 0 unspecified atom stereocenters. The minimum atomic E-state index is -2.60. The number of hydrogen-bond donors (Lipinski definition) is 0. The molecule has 0 amide bonds. The molecule has 0 fully saturated rings. The van der Waals surface area contributed by atoms with E-state index in [0.717, 1.165) is 5.19 Å².